The smallest absolute Gasteiger partial charge is 0.255 e. The number of fused-ring (bicyclic) bond motifs is 1. The number of hydrogen-bond acceptors (Lipinski definition) is 7. The van der Waals surface area contributed by atoms with Crippen LogP contribution >= 0.6 is 0 Å². The van der Waals surface area contributed by atoms with Crippen LogP contribution in [0, 0.1) is 0 Å². The Morgan fingerprint density at radius 1 is 1.19 bits per heavy atom. The van der Waals surface area contributed by atoms with Gasteiger partial charge in [0.15, 0.2) is 11.5 Å². The normalized spacial score (nSPS) is 15.1. The second kappa shape index (κ2) is 8.86. The zero-order valence-electron chi connectivity index (χ0n) is 17.6. The van der Waals surface area contributed by atoms with Crippen LogP contribution in [-0.2, 0) is 4.79 Å². The third kappa shape index (κ3) is 4.07. The third-order valence-corrected chi connectivity index (χ3v) is 4.96. The van der Waals surface area contributed by atoms with Gasteiger partial charge < -0.3 is 20.1 Å². The van der Waals surface area contributed by atoms with Gasteiger partial charge in [-0.25, -0.2) is 0 Å². The molecule has 0 aliphatic carbocycles. The number of ether oxygens (including phenoxy) is 2. The maximum Gasteiger partial charge on any atom is 0.255 e. The van der Waals surface area contributed by atoms with E-state index in [2.05, 4.69) is 26.2 Å². The molecule has 1 aliphatic rings. The highest BCUT2D eigenvalue weighted by Crippen LogP contribution is 2.38. The van der Waals surface area contributed by atoms with Gasteiger partial charge in [0.1, 0.15) is 6.04 Å². The van der Waals surface area contributed by atoms with Crippen molar-refractivity contribution in [3.63, 3.8) is 0 Å². The van der Waals surface area contributed by atoms with Crippen molar-refractivity contribution in [3.8, 4) is 11.5 Å². The Labute approximate surface area is 180 Å². The molecule has 1 amide bonds. The largest absolute Gasteiger partial charge is 0.493 e. The molecular formula is C22H24N6O3. The monoisotopic (exact) mass is 420 g/mol. The first-order chi connectivity index (χ1) is 15.1. The topological polar surface area (TPSA) is 103 Å². The van der Waals surface area contributed by atoms with Crippen LogP contribution < -0.4 is 20.1 Å². The number of nitrogens with zero attached hydrogens (tertiary/aromatic N) is 4. The first kappa shape index (κ1) is 20.4. The highest BCUT2D eigenvalue weighted by atomic mass is 16.5. The number of nitrogens with one attached hydrogen (secondary N) is 2. The number of hydrogen-bond donors (Lipinski definition) is 2. The molecule has 2 aromatic carbocycles. The molecule has 2 heterocycles. The quantitative estimate of drug-likeness (QED) is 0.604. The van der Waals surface area contributed by atoms with Gasteiger partial charge in [-0.15, -0.1) is 0 Å². The van der Waals surface area contributed by atoms with Crippen LogP contribution in [0.25, 0.3) is 0 Å². The molecule has 2 N–H and O–H groups in total. The molecule has 4 rings (SSSR count). The van der Waals surface area contributed by atoms with Gasteiger partial charge in [-0.1, -0.05) is 36.3 Å². The molecule has 1 atom stereocenters. The predicted molar refractivity (Wildman–Crippen MR) is 116 cm³/mol. The highest BCUT2D eigenvalue weighted by Gasteiger charge is 2.34. The van der Waals surface area contributed by atoms with E-state index in [1.54, 1.807) is 11.8 Å². The molecule has 3 aromatic rings. The number of carbonyl (C=O) groups is 1. The second-order valence-corrected chi connectivity index (χ2v) is 7.09. The molecule has 0 fully saturated rings. The Hall–Kier alpha value is -3.88. The fraction of sp³-hybridized carbons (Fsp3) is 0.273. The maximum atomic E-state index is 13.3. The third-order valence-electron chi connectivity index (χ3n) is 4.96. The van der Waals surface area contributed by atoms with Gasteiger partial charge >= 0.3 is 0 Å². The molecule has 0 saturated heterocycles. The van der Waals surface area contributed by atoms with Gasteiger partial charge in [0.25, 0.3) is 5.91 Å². The van der Waals surface area contributed by atoms with Crippen LogP contribution in [0.3, 0.4) is 0 Å². The molecule has 9 heteroatoms. The van der Waals surface area contributed by atoms with Crippen molar-refractivity contribution in [1.29, 1.82) is 0 Å². The lowest BCUT2D eigenvalue weighted by Gasteiger charge is -2.28. The van der Waals surface area contributed by atoms with Crippen LogP contribution in [0.4, 0.5) is 11.6 Å². The molecule has 160 valence electrons. The Balaban J connectivity index is 1.75. The van der Waals surface area contributed by atoms with Gasteiger partial charge in [0.2, 0.25) is 5.95 Å². The van der Waals surface area contributed by atoms with Crippen LogP contribution in [0.5, 0.6) is 11.5 Å². The number of carbonyl (C=O) groups excluding carboxylic acids is 1. The number of para-hydroxylation sites is 1. The Morgan fingerprint density at radius 2 is 2.00 bits per heavy atom. The van der Waals surface area contributed by atoms with Crippen molar-refractivity contribution < 1.29 is 14.3 Å². The van der Waals surface area contributed by atoms with E-state index in [1.165, 1.54) is 0 Å². The molecule has 1 aromatic heterocycles. The zero-order valence-corrected chi connectivity index (χ0v) is 17.6. The molecule has 0 saturated carbocycles. The average molecular weight is 420 g/mol. The van der Waals surface area contributed by atoms with E-state index in [0.29, 0.717) is 41.0 Å². The molecule has 0 spiro atoms. The summed E-state index contributed by atoms with van der Waals surface area (Å²) < 4.78 is 12.9. The van der Waals surface area contributed by atoms with Gasteiger partial charge in [-0.2, -0.15) is 4.68 Å². The van der Waals surface area contributed by atoms with E-state index >= 15 is 0 Å². The van der Waals surface area contributed by atoms with Crippen LogP contribution in [-0.4, -0.2) is 39.8 Å². The van der Waals surface area contributed by atoms with Crippen LogP contribution in [0.1, 0.15) is 31.9 Å². The van der Waals surface area contributed by atoms with Gasteiger partial charge in [-0.05, 0) is 53.6 Å². The number of allylic oxidation sites excluding steroid dienone is 1. The van der Waals surface area contributed by atoms with Crippen molar-refractivity contribution >= 4 is 17.5 Å². The highest BCUT2D eigenvalue weighted by molar-refractivity contribution is 6.06. The SMILES string of the molecule is CCCOc1ccc([C@H]2C(C(=O)Nc3ccccc3)=C(C)Nc3nnnn32)cc1OC. The Kier molecular flexibility index (Phi) is 5.83. The van der Waals surface area contributed by atoms with E-state index in [1.807, 2.05) is 62.4 Å². The summed E-state index contributed by atoms with van der Waals surface area (Å²) in [5.41, 5.74) is 2.68. The molecule has 0 bridgehead atoms. The zero-order chi connectivity index (χ0) is 21.8. The van der Waals surface area contributed by atoms with Gasteiger partial charge in [0, 0.05) is 11.4 Å². The summed E-state index contributed by atoms with van der Waals surface area (Å²) in [6, 6.07) is 14.4. The van der Waals surface area contributed by atoms with E-state index < -0.39 is 6.04 Å². The fourth-order valence-electron chi connectivity index (χ4n) is 3.52. The number of benzene rings is 2. The molecule has 0 radical (unpaired) electrons. The van der Waals surface area contributed by atoms with Crippen molar-refractivity contribution in [2.75, 3.05) is 24.4 Å². The molecule has 0 unspecified atom stereocenters. The van der Waals surface area contributed by atoms with Crippen molar-refractivity contribution in [1.82, 2.24) is 20.2 Å². The van der Waals surface area contributed by atoms with E-state index in [4.69, 9.17) is 9.47 Å². The van der Waals surface area contributed by atoms with Crippen LogP contribution in [0.15, 0.2) is 59.8 Å². The molecule has 1 aliphatic heterocycles. The first-order valence-corrected chi connectivity index (χ1v) is 10.0. The summed E-state index contributed by atoms with van der Waals surface area (Å²) >= 11 is 0. The van der Waals surface area contributed by atoms with E-state index in [9.17, 15) is 4.79 Å². The number of methoxy groups -OCH3 is 1. The minimum Gasteiger partial charge on any atom is -0.493 e. The summed E-state index contributed by atoms with van der Waals surface area (Å²) in [6.45, 7) is 4.46. The van der Waals surface area contributed by atoms with E-state index in [0.717, 1.165) is 12.0 Å². The average Bonchev–Trinajstić information content (AvgIpc) is 3.25. The van der Waals surface area contributed by atoms with Gasteiger partial charge in [0.05, 0.1) is 19.3 Å². The summed E-state index contributed by atoms with van der Waals surface area (Å²) in [6.07, 6.45) is 0.888. The lowest BCUT2D eigenvalue weighted by molar-refractivity contribution is -0.113. The minimum absolute atomic E-state index is 0.243. The molecule has 31 heavy (non-hydrogen) atoms. The summed E-state index contributed by atoms with van der Waals surface area (Å²) in [5.74, 6) is 1.45. The lowest BCUT2D eigenvalue weighted by Crippen LogP contribution is -2.31. The first-order valence-electron chi connectivity index (χ1n) is 10.0. The number of amides is 1. The summed E-state index contributed by atoms with van der Waals surface area (Å²) in [4.78, 5) is 13.3. The maximum absolute atomic E-state index is 13.3. The fourth-order valence-corrected chi connectivity index (χ4v) is 3.52. The lowest BCUT2D eigenvalue weighted by atomic mass is 9.94. The minimum atomic E-state index is -0.538. The van der Waals surface area contributed by atoms with Gasteiger partial charge in [-0.3, -0.25) is 4.79 Å². The number of rotatable bonds is 7. The summed E-state index contributed by atoms with van der Waals surface area (Å²) in [5, 5.41) is 18.0. The Bertz CT molecular complexity index is 1110. The predicted octanol–water partition coefficient (Wildman–Crippen LogP) is 3.40. The van der Waals surface area contributed by atoms with E-state index in [-0.39, 0.29) is 5.91 Å². The number of anilines is 2. The second-order valence-electron chi connectivity index (χ2n) is 7.09. The Morgan fingerprint density at radius 3 is 2.74 bits per heavy atom. The van der Waals surface area contributed by atoms with Crippen molar-refractivity contribution in [2.45, 2.75) is 26.3 Å². The molecular weight excluding hydrogens is 396 g/mol. The number of aromatic nitrogens is 4. The van der Waals surface area contributed by atoms with Crippen molar-refractivity contribution in [2.24, 2.45) is 0 Å². The molecule has 9 nitrogen and oxygen atoms in total. The van der Waals surface area contributed by atoms with Crippen LogP contribution in [0.2, 0.25) is 0 Å². The van der Waals surface area contributed by atoms with Crippen molar-refractivity contribution in [3.05, 3.63) is 65.4 Å². The standard InChI is InChI=1S/C22H24N6O3/c1-4-12-31-17-11-10-15(13-18(17)30-3)20-19(14(2)23-22-25-26-27-28(20)22)21(29)24-16-8-6-5-7-9-16/h5-11,13,20H,4,12H2,1-3H3,(H,24,29)(H,23,25,27)/t20-/m0/s1. The number of tetrazole rings is 1. The summed E-state index contributed by atoms with van der Waals surface area (Å²) in [7, 11) is 1.59.